The molecule has 0 unspecified atom stereocenters. The van der Waals surface area contributed by atoms with Crippen LogP contribution in [0.2, 0.25) is 0 Å². The van der Waals surface area contributed by atoms with E-state index < -0.39 is 0 Å². The molecular formula is C23H26N2O3. The molecule has 0 spiro atoms. The number of nitrogens with one attached hydrogen (secondary N) is 2. The maximum Gasteiger partial charge on any atom is 0.257 e. The van der Waals surface area contributed by atoms with Crippen LogP contribution in [0, 0.1) is 17.8 Å². The van der Waals surface area contributed by atoms with E-state index >= 15 is 0 Å². The van der Waals surface area contributed by atoms with Gasteiger partial charge in [0.05, 0.1) is 18.4 Å². The van der Waals surface area contributed by atoms with Gasteiger partial charge in [-0.15, -0.1) is 0 Å². The van der Waals surface area contributed by atoms with Crippen LogP contribution in [0.25, 0.3) is 0 Å². The number of carbonyl (C=O) groups excluding carboxylic acids is 2. The average Bonchev–Trinajstić information content (AvgIpc) is 3.31. The summed E-state index contributed by atoms with van der Waals surface area (Å²) in [7, 11) is 1.59. The Morgan fingerprint density at radius 1 is 1.04 bits per heavy atom. The van der Waals surface area contributed by atoms with E-state index in [0.717, 1.165) is 5.92 Å². The highest BCUT2D eigenvalue weighted by atomic mass is 16.5. The van der Waals surface area contributed by atoms with Gasteiger partial charge < -0.3 is 15.4 Å². The molecule has 0 aliphatic heterocycles. The minimum absolute atomic E-state index is 0.000759. The Kier molecular flexibility index (Phi) is 5.33. The number of amides is 2. The summed E-state index contributed by atoms with van der Waals surface area (Å²) in [6.45, 7) is 0. The fraction of sp³-hybridized carbons (Fsp3) is 0.391. The summed E-state index contributed by atoms with van der Waals surface area (Å²) in [5, 5.41) is 5.83. The summed E-state index contributed by atoms with van der Waals surface area (Å²) >= 11 is 0. The molecule has 0 saturated heterocycles. The summed E-state index contributed by atoms with van der Waals surface area (Å²) in [5.41, 5.74) is 1.65. The summed E-state index contributed by atoms with van der Waals surface area (Å²) in [6, 6.07) is 14.3. The lowest BCUT2D eigenvalue weighted by atomic mass is 9.86. The van der Waals surface area contributed by atoms with Gasteiger partial charge in [-0.25, -0.2) is 0 Å². The van der Waals surface area contributed by atoms with Gasteiger partial charge in [-0.05, 0) is 61.3 Å². The van der Waals surface area contributed by atoms with Gasteiger partial charge in [0.25, 0.3) is 5.91 Å². The van der Waals surface area contributed by atoms with E-state index in [1.54, 1.807) is 37.4 Å². The fourth-order valence-corrected chi connectivity index (χ4v) is 4.76. The lowest BCUT2D eigenvalue weighted by Crippen LogP contribution is -2.22. The molecule has 2 aromatic rings. The molecule has 2 fully saturated rings. The largest absolute Gasteiger partial charge is 0.497 e. The number of anilines is 2. The SMILES string of the molecule is COc1cccc(NC(=O)c2ccccc2NC(=O)C[C@H]2C[C@@H]3CC[C@H]2C3)c1. The number of fused-ring (bicyclic) bond motifs is 2. The second-order valence-electron chi connectivity index (χ2n) is 7.92. The highest BCUT2D eigenvalue weighted by Gasteiger charge is 2.40. The number of benzene rings is 2. The van der Waals surface area contributed by atoms with E-state index in [9.17, 15) is 9.59 Å². The Labute approximate surface area is 165 Å². The Hall–Kier alpha value is -2.82. The summed E-state index contributed by atoms with van der Waals surface area (Å²) in [5.74, 6) is 2.44. The molecule has 0 heterocycles. The third kappa shape index (κ3) is 4.03. The lowest BCUT2D eigenvalue weighted by molar-refractivity contribution is -0.117. The molecule has 28 heavy (non-hydrogen) atoms. The monoisotopic (exact) mass is 378 g/mol. The van der Waals surface area contributed by atoms with Crippen molar-refractivity contribution in [3.8, 4) is 5.75 Å². The molecule has 2 aliphatic rings. The van der Waals surface area contributed by atoms with Crippen molar-refractivity contribution in [3.05, 3.63) is 54.1 Å². The molecule has 2 bridgehead atoms. The van der Waals surface area contributed by atoms with Gasteiger partial charge >= 0.3 is 0 Å². The van der Waals surface area contributed by atoms with Gasteiger partial charge in [-0.3, -0.25) is 9.59 Å². The van der Waals surface area contributed by atoms with Gasteiger partial charge in [0.2, 0.25) is 5.91 Å². The highest BCUT2D eigenvalue weighted by Crippen LogP contribution is 2.49. The Bertz CT molecular complexity index is 880. The molecule has 3 atom stereocenters. The van der Waals surface area contributed by atoms with Crippen molar-refractivity contribution in [2.45, 2.75) is 32.1 Å². The van der Waals surface area contributed by atoms with Crippen LogP contribution in [0.5, 0.6) is 5.75 Å². The van der Waals surface area contributed by atoms with Crippen molar-refractivity contribution < 1.29 is 14.3 Å². The smallest absolute Gasteiger partial charge is 0.257 e. The quantitative estimate of drug-likeness (QED) is 0.765. The first-order chi connectivity index (χ1) is 13.6. The second-order valence-corrected chi connectivity index (χ2v) is 7.92. The molecule has 4 rings (SSSR count). The van der Waals surface area contributed by atoms with Crippen molar-refractivity contribution in [1.82, 2.24) is 0 Å². The van der Waals surface area contributed by atoms with E-state index in [0.29, 0.717) is 40.9 Å². The van der Waals surface area contributed by atoms with Crippen molar-refractivity contribution in [1.29, 1.82) is 0 Å². The molecule has 2 saturated carbocycles. The molecular weight excluding hydrogens is 352 g/mol. The van der Waals surface area contributed by atoms with Crippen molar-refractivity contribution in [3.63, 3.8) is 0 Å². The number of para-hydroxylation sites is 1. The molecule has 5 heteroatoms. The molecule has 2 aromatic carbocycles. The molecule has 0 radical (unpaired) electrons. The van der Waals surface area contributed by atoms with Crippen molar-refractivity contribution >= 4 is 23.2 Å². The minimum atomic E-state index is -0.260. The van der Waals surface area contributed by atoms with Gasteiger partial charge in [-0.2, -0.15) is 0 Å². The Balaban J connectivity index is 1.42. The van der Waals surface area contributed by atoms with Gasteiger partial charge in [0.1, 0.15) is 5.75 Å². The number of ether oxygens (including phenoxy) is 1. The first-order valence-corrected chi connectivity index (χ1v) is 9.96. The van der Waals surface area contributed by atoms with Gasteiger partial charge in [-0.1, -0.05) is 24.6 Å². The lowest BCUT2D eigenvalue weighted by Gasteiger charge is -2.21. The van der Waals surface area contributed by atoms with Crippen LogP contribution < -0.4 is 15.4 Å². The standard InChI is InChI=1S/C23H26N2O3/c1-28-19-6-4-5-18(14-19)24-23(27)20-7-2-3-8-21(20)25-22(26)13-17-12-15-9-10-16(17)11-15/h2-8,14-17H,9-13H2,1H3,(H,24,27)(H,25,26)/t15-,16+,17-/m1/s1. The van der Waals surface area contributed by atoms with Gasteiger partial charge in [0, 0.05) is 18.2 Å². The van der Waals surface area contributed by atoms with Crippen LogP contribution in [0.1, 0.15) is 42.5 Å². The zero-order chi connectivity index (χ0) is 19.5. The minimum Gasteiger partial charge on any atom is -0.497 e. The second kappa shape index (κ2) is 8.05. The summed E-state index contributed by atoms with van der Waals surface area (Å²) in [4.78, 5) is 25.4. The number of methoxy groups -OCH3 is 1. The Morgan fingerprint density at radius 3 is 2.64 bits per heavy atom. The normalized spacial score (nSPS) is 22.7. The number of hydrogen-bond acceptors (Lipinski definition) is 3. The van der Waals surface area contributed by atoms with Crippen LogP contribution in [0.4, 0.5) is 11.4 Å². The Morgan fingerprint density at radius 2 is 1.89 bits per heavy atom. The van der Waals surface area contributed by atoms with Crippen molar-refractivity contribution in [2.24, 2.45) is 17.8 Å². The van der Waals surface area contributed by atoms with Crippen LogP contribution in [0.15, 0.2) is 48.5 Å². The maximum absolute atomic E-state index is 12.8. The predicted molar refractivity (Wildman–Crippen MR) is 110 cm³/mol. The molecule has 2 aliphatic carbocycles. The van der Waals surface area contributed by atoms with Crippen molar-refractivity contribution in [2.75, 3.05) is 17.7 Å². The summed E-state index contributed by atoms with van der Waals surface area (Å²) in [6.07, 6.45) is 5.61. The maximum atomic E-state index is 12.8. The van der Waals surface area contributed by atoms with Crippen LogP contribution in [0.3, 0.4) is 0 Å². The molecule has 2 N–H and O–H groups in total. The first kappa shape index (κ1) is 18.5. The van der Waals surface area contributed by atoms with E-state index in [1.165, 1.54) is 25.7 Å². The summed E-state index contributed by atoms with van der Waals surface area (Å²) < 4.78 is 5.19. The fourth-order valence-electron chi connectivity index (χ4n) is 4.76. The topological polar surface area (TPSA) is 67.4 Å². The predicted octanol–water partition coefficient (Wildman–Crippen LogP) is 4.71. The van der Waals surface area contributed by atoms with E-state index in [1.807, 2.05) is 18.2 Å². The molecule has 146 valence electrons. The van der Waals surface area contributed by atoms with Crippen LogP contribution in [-0.4, -0.2) is 18.9 Å². The third-order valence-electron chi connectivity index (χ3n) is 6.11. The molecule has 0 aromatic heterocycles. The third-order valence-corrected chi connectivity index (χ3v) is 6.11. The zero-order valence-corrected chi connectivity index (χ0v) is 16.1. The number of rotatable bonds is 6. The van der Waals surface area contributed by atoms with Crippen LogP contribution in [-0.2, 0) is 4.79 Å². The average molecular weight is 378 g/mol. The first-order valence-electron chi connectivity index (χ1n) is 9.96. The number of carbonyl (C=O) groups is 2. The van der Waals surface area contributed by atoms with Gasteiger partial charge in [0.15, 0.2) is 0 Å². The zero-order valence-electron chi connectivity index (χ0n) is 16.1. The van der Waals surface area contributed by atoms with E-state index in [2.05, 4.69) is 10.6 Å². The molecule has 5 nitrogen and oxygen atoms in total. The molecule has 2 amide bonds. The van der Waals surface area contributed by atoms with E-state index in [-0.39, 0.29) is 11.8 Å². The van der Waals surface area contributed by atoms with E-state index in [4.69, 9.17) is 4.74 Å². The van der Waals surface area contributed by atoms with Crippen LogP contribution >= 0.6 is 0 Å². The highest BCUT2D eigenvalue weighted by molar-refractivity contribution is 6.10. The number of hydrogen-bond donors (Lipinski definition) is 2.